The third kappa shape index (κ3) is 41.0. The fraction of sp³-hybridized carbons (Fsp3) is 0.740. The summed E-state index contributed by atoms with van der Waals surface area (Å²) in [5.41, 5.74) is 5.49. The maximum Gasteiger partial charge on any atom is 0.326 e. The number of carboxylic acids is 1. The lowest BCUT2D eigenvalue weighted by molar-refractivity contribution is -0.150. The van der Waals surface area contributed by atoms with Gasteiger partial charge in [-0.05, 0) is 103 Å². The van der Waals surface area contributed by atoms with E-state index >= 15 is 0 Å². The Morgan fingerprint density at radius 3 is 1.46 bits per heavy atom. The maximum atomic E-state index is 12.8. The van der Waals surface area contributed by atoms with Crippen LogP contribution in [0, 0.1) is 0 Å². The first-order valence-electron chi connectivity index (χ1n) is 23.6. The summed E-state index contributed by atoms with van der Waals surface area (Å²) in [6, 6.07) is -0.861. The number of carbonyl (C=O) groups excluding carboxylic acids is 2. The Kier molecular flexibility index (Phi) is 41.9. The lowest BCUT2D eigenvalue weighted by atomic mass is 10.0. The maximum absolute atomic E-state index is 12.8. The number of amides is 1. The minimum atomic E-state index is -1.01. The molecule has 328 valence electrons. The number of rotatable bonds is 42. The van der Waals surface area contributed by atoms with Crippen LogP contribution in [0.4, 0.5) is 0 Å². The lowest BCUT2D eigenvalue weighted by Gasteiger charge is -2.18. The van der Waals surface area contributed by atoms with E-state index in [0.717, 1.165) is 109 Å². The molecule has 7 nitrogen and oxygen atoms in total. The second-order valence-electron chi connectivity index (χ2n) is 15.8. The van der Waals surface area contributed by atoms with Crippen LogP contribution in [0.5, 0.6) is 0 Å². The van der Waals surface area contributed by atoms with Gasteiger partial charge in [0.1, 0.15) is 12.1 Å². The molecule has 0 spiro atoms. The molecule has 1 amide bonds. The molecule has 0 saturated carbocycles. The second kappa shape index (κ2) is 44.2. The predicted octanol–water partition coefficient (Wildman–Crippen LogP) is 13.7. The van der Waals surface area contributed by atoms with Crippen LogP contribution < -0.4 is 11.1 Å². The average Bonchev–Trinajstić information content (AvgIpc) is 3.20. The molecule has 2 atom stereocenters. The molecule has 0 aromatic heterocycles. The predicted molar refractivity (Wildman–Crippen MR) is 243 cm³/mol. The van der Waals surface area contributed by atoms with Crippen LogP contribution in [0.15, 0.2) is 60.8 Å². The highest BCUT2D eigenvalue weighted by Gasteiger charge is 2.19. The van der Waals surface area contributed by atoms with E-state index in [1.165, 1.54) is 70.6 Å². The number of carboxylic acid groups (broad SMARTS) is 1. The van der Waals surface area contributed by atoms with Crippen LogP contribution in [-0.4, -0.2) is 41.6 Å². The summed E-state index contributed by atoms with van der Waals surface area (Å²) >= 11 is 0. The van der Waals surface area contributed by atoms with Gasteiger partial charge in [0.25, 0.3) is 0 Å². The van der Waals surface area contributed by atoms with Gasteiger partial charge in [0, 0.05) is 12.8 Å². The normalized spacial score (nSPS) is 13.2. The van der Waals surface area contributed by atoms with Crippen molar-refractivity contribution >= 4 is 17.8 Å². The summed E-state index contributed by atoms with van der Waals surface area (Å²) in [4.78, 5) is 36.5. The average molecular weight is 797 g/mol. The number of allylic oxidation sites excluding steroid dienone is 10. The molecule has 0 fully saturated rings. The molecule has 4 N–H and O–H groups in total. The van der Waals surface area contributed by atoms with E-state index in [1.807, 2.05) is 0 Å². The molecule has 0 aliphatic heterocycles. The number of unbranched alkanes of at least 4 members (excludes halogenated alkanes) is 18. The van der Waals surface area contributed by atoms with Gasteiger partial charge in [-0.25, -0.2) is 4.79 Å². The van der Waals surface area contributed by atoms with Gasteiger partial charge in [-0.2, -0.15) is 0 Å². The van der Waals surface area contributed by atoms with Gasteiger partial charge in [-0.15, -0.1) is 0 Å². The zero-order valence-corrected chi connectivity index (χ0v) is 36.9. The van der Waals surface area contributed by atoms with Gasteiger partial charge in [-0.3, -0.25) is 9.59 Å². The van der Waals surface area contributed by atoms with Crippen molar-refractivity contribution in [3.8, 4) is 0 Å². The van der Waals surface area contributed by atoms with E-state index in [0.29, 0.717) is 32.2 Å². The SMILES string of the molecule is CC/C=C\C/C=C\C/C=C\C/C=C\C/C=C\CCCCCC(=O)OC(CCCCCCCCCCCCCC)CCCCCCCC(=O)NC(CCCN)C(=O)O. The molecular weight excluding hydrogens is 709 g/mol. The molecule has 57 heavy (non-hydrogen) atoms. The summed E-state index contributed by atoms with van der Waals surface area (Å²) in [7, 11) is 0. The molecule has 0 aromatic carbocycles. The van der Waals surface area contributed by atoms with Crippen molar-refractivity contribution < 1.29 is 24.2 Å². The molecule has 0 aliphatic rings. The number of aliphatic carboxylic acids is 1. The number of hydrogen-bond acceptors (Lipinski definition) is 5. The Bertz CT molecular complexity index is 1080. The van der Waals surface area contributed by atoms with Gasteiger partial charge in [0.2, 0.25) is 5.91 Å². The third-order valence-electron chi connectivity index (χ3n) is 10.3. The molecule has 0 bridgehead atoms. The Labute approximate surface area is 350 Å². The largest absolute Gasteiger partial charge is 0.480 e. The second-order valence-corrected chi connectivity index (χ2v) is 15.8. The highest BCUT2D eigenvalue weighted by molar-refractivity contribution is 5.83. The van der Waals surface area contributed by atoms with Crippen molar-refractivity contribution in [1.29, 1.82) is 0 Å². The first kappa shape index (κ1) is 54.1. The fourth-order valence-electron chi connectivity index (χ4n) is 6.83. The minimum Gasteiger partial charge on any atom is -0.480 e. The molecule has 2 unspecified atom stereocenters. The zero-order chi connectivity index (χ0) is 41.7. The van der Waals surface area contributed by atoms with Crippen LogP contribution >= 0.6 is 0 Å². The highest BCUT2D eigenvalue weighted by atomic mass is 16.5. The van der Waals surface area contributed by atoms with Crippen molar-refractivity contribution in [2.45, 2.75) is 231 Å². The van der Waals surface area contributed by atoms with Crippen LogP contribution in [0.2, 0.25) is 0 Å². The lowest BCUT2D eigenvalue weighted by Crippen LogP contribution is -2.40. The monoisotopic (exact) mass is 797 g/mol. The first-order valence-corrected chi connectivity index (χ1v) is 23.6. The Hall–Kier alpha value is -2.93. The Morgan fingerprint density at radius 1 is 0.526 bits per heavy atom. The van der Waals surface area contributed by atoms with Crippen molar-refractivity contribution in [1.82, 2.24) is 5.32 Å². The third-order valence-corrected chi connectivity index (χ3v) is 10.3. The summed E-state index contributed by atoms with van der Waals surface area (Å²) < 4.78 is 6.05. The molecule has 0 aliphatic carbocycles. The zero-order valence-electron chi connectivity index (χ0n) is 36.9. The standard InChI is InChI=1S/C50H88N2O5/c1-3-5-7-9-11-13-15-17-18-19-20-21-22-23-25-27-29-34-38-44-49(54)57-46(40-35-31-28-26-24-16-14-12-10-8-6-4-2)41-36-32-30-33-37-43-48(53)52-47(50(55)56)42-39-45-51/h5,7,11,13,17-18,20-21,23,25,46-47H,3-4,6,8-10,12,14-16,19,22,24,26-45,51H2,1-2H3,(H,52,53)(H,55,56)/b7-5-,13-11-,18-17-,21-20-,25-23-. The number of carbonyl (C=O) groups is 3. The van der Waals surface area contributed by atoms with Gasteiger partial charge in [0.05, 0.1) is 0 Å². The van der Waals surface area contributed by atoms with Gasteiger partial charge < -0.3 is 20.9 Å². The number of hydrogen-bond donors (Lipinski definition) is 3. The molecule has 0 radical (unpaired) electrons. The summed E-state index contributed by atoms with van der Waals surface area (Å²) in [6.45, 7) is 4.84. The van der Waals surface area contributed by atoms with Crippen LogP contribution in [0.1, 0.15) is 219 Å². The topological polar surface area (TPSA) is 119 Å². The summed E-state index contributed by atoms with van der Waals surface area (Å²) in [5.74, 6) is -1.26. The van der Waals surface area contributed by atoms with Crippen molar-refractivity contribution in [2.24, 2.45) is 5.73 Å². The van der Waals surface area contributed by atoms with Gasteiger partial charge >= 0.3 is 11.9 Å². The molecule has 0 saturated heterocycles. The van der Waals surface area contributed by atoms with Gasteiger partial charge in [0.15, 0.2) is 0 Å². The van der Waals surface area contributed by atoms with E-state index in [-0.39, 0.29) is 18.0 Å². The number of esters is 1. The first-order chi connectivity index (χ1) is 27.9. The smallest absolute Gasteiger partial charge is 0.326 e. The van der Waals surface area contributed by atoms with E-state index in [1.54, 1.807) is 0 Å². The van der Waals surface area contributed by atoms with E-state index < -0.39 is 12.0 Å². The van der Waals surface area contributed by atoms with Crippen molar-refractivity contribution in [3.63, 3.8) is 0 Å². The molecule has 0 rings (SSSR count). The number of ether oxygens (including phenoxy) is 1. The highest BCUT2D eigenvalue weighted by Crippen LogP contribution is 2.19. The van der Waals surface area contributed by atoms with Gasteiger partial charge in [-0.1, -0.05) is 171 Å². The van der Waals surface area contributed by atoms with E-state index in [4.69, 9.17) is 10.5 Å². The minimum absolute atomic E-state index is 0.00540. The van der Waals surface area contributed by atoms with Crippen LogP contribution in [-0.2, 0) is 19.1 Å². The quantitative estimate of drug-likeness (QED) is 0.0321. The van der Waals surface area contributed by atoms with Crippen LogP contribution in [0.25, 0.3) is 0 Å². The molecule has 0 aromatic rings. The molecule has 7 heteroatoms. The van der Waals surface area contributed by atoms with E-state index in [2.05, 4.69) is 79.9 Å². The fourth-order valence-corrected chi connectivity index (χ4v) is 6.83. The van der Waals surface area contributed by atoms with Crippen LogP contribution in [0.3, 0.4) is 0 Å². The number of nitrogens with one attached hydrogen (secondary N) is 1. The molecular formula is C50H88N2O5. The summed E-state index contributed by atoms with van der Waals surface area (Å²) in [6.07, 6.45) is 55.5. The van der Waals surface area contributed by atoms with E-state index in [9.17, 15) is 19.5 Å². The number of nitrogens with two attached hydrogens (primary N) is 1. The Balaban J connectivity index is 4.36. The Morgan fingerprint density at radius 2 is 0.965 bits per heavy atom. The summed E-state index contributed by atoms with van der Waals surface area (Å²) in [5, 5.41) is 12.0. The van der Waals surface area contributed by atoms with Crippen molar-refractivity contribution in [2.75, 3.05) is 6.54 Å². The van der Waals surface area contributed by atoms with Crippen molar-refractivity contribution in [3.05, 3.63) is 60.8 Å². The molecule has 0 heterocycles.